The second kappa shape index (κ2) is 11.6. The van der Waals surface area contributed by atoms with Gasteiger partial charge in [-0.25, -0.2) is 0 Å². The lowest BCUT2D eigenvalue weighted by Gasteiger charge is -2.20. The number of amides is 1. The molecule has 2 heterocycles. The normalized spacial score (nSPS) is 14.9. The van der Waals surface area contributed by atoms with E-state index in [2.05, 4.69) is 26.6 Å². The second-order valence-corrected chi connectivity index (χ2v) is 9.54. The van der Waals surface area contributed by atoms with Crippen molar-refractivity contribution in [3.63, 3.8) is 0 Å². The molecule has 0 saturated carbocycles. The first-order chi connectivity index (χ1) is 16.2. The average Bonchev–Trinajstić information content (AvgIpc) is 3.32. The van der Waals surface area contributed by atoms with Crippen molar-refractivity contribution in [3.8, 4) is 11.5 Å². The van der Waals surface area contributed by atoms with Gasteiger partial charge in [-0.15, -0.1) is 10.2 Å². The number of nitrogens with zero attached hydrogens (tertiary/aromatic N) is 4. The lowest BCUT2D eigenvalue weighted by molar-refractivity contribution is -0.156. The van der Waals surface area contributed by atoms with Gasteiger partial charge in [-0.2, -0.15) is 13.2 Å². The summed E-state index contributed by atoms with van der Waals surface area (Å²) in [5, 5.41) is 6.63. The van der Waals surface area contributed by atoms with Crippen LogP contribution in [0.1, 0.15) is 11.5 Å². The lowest BCUT2D eigenvalue weighted by Crippen LogP contribution is -2.34. The van der Waals surface area contributed by atoms with Crippen LogP contribution in [-0.2, 0) is 28.3 Å². The molecular formula is C22H22ClF3N4O3S. The molecule has 0 spiro atoms. The van der Waals surface area contributed by atoms with Crippen LogP contribution in [0.3, 0.4) is 0 Å². The Bertz CT molecular complexity index is 1120. The monoisotopic (exact) mass is 514 g/mol. The summed E-state index contributed by atoms with van der Waals surface area (Å²) in [5.74, 6) is 0.0254. The lowest BCUT2D eigenvalue weighted by atomic mass is 10.1. The summed E-state index contributed by atoms with van der Waals surface area (Å²) >= 11 is 6.21. The molecule has 1 fully saturated rings. The summed E-state index contributed by atoms with van der Waals surface area (Å²) in [5.41, 5.74) is 1.55. The van der Waals surface area contributed by atoms with Crippen LogP contribution in [-0.4, -0.2) is 57.4 Å². The van der Waals surface area contributed by atoms with Gasteiger partial charge in [-0.05, 0) is 36.9 Å². The smallest absolute Gasteiger partial charge is 0.413 e. The standard InChI is InChI=1S/C17H11ClF3N3O2.C5H11NOS/c18-14-8-11(15-22-23-16(26-15)17(19,20)21)6-7-12(14)9-24(10-25)13-4-2-1-3-5-13;1-6-2-4-8(7)5-3-6/h1-8,10H,9H2;2-5H2,1H3. The van der Waals surface area contributed by atoms with Gasteiger partial charge < -0.3 is 14.2 Å². The van der Waals surface area contributed by atoms with E-state index in [9.17, 15) is 22.2 Å². The third-order valence-corrected chi connectivity index (χ3v) is 6.55. The van der Waals surface area contributed by atoms with Gasteiger partial charge in [0, 0.05) is 51.7 Å². The Morgan fingerprint density at radius 1 is 1.15 bits per heavy atom. The van der Waals surface area contributed by atoms with Crippen LogP contribution in [0.5, 0.6) is 0 Å². The van der Waals surface area contributed by atoms with Gasteiger partial charge >= 0.3 is 12.1 Å². The minimum absolute atomic E-state index is 0.199. The summed E-state index contributed by atoms with van der Waals surface area (Å²) in [7, 11) is 1.56. The zero-order chi connectivity index (χ0) is 24.7. The van der Waals surface area contributed by atoms with Gasteiger partial charge in [-0.1, -0.05) is 35.9 Å². The van der Waals surface area contributed by atoms with E-state index in [0.29, 0.717) is 17.7 Å². The van der Waals surface area contributed by atoms with E-state index in [4.69, 9.17) is 11.6 Å². The number of hydrogen-bond donors (Lipinski definition) is 0. The van der Waals surface area contributed by atoms with Crippen LogP contribution in [0.15, 0.2) is 52.9 Å². The molecule has 0 radical (unpaired) electrons. The van der Waals surface area contributed by atoms with Gasteiger partial charge in [0.15, 0.2) is 0 Å². The number of para-hydroxylation sites is 1. The first-order valence-corrected chi connectivity index (χ1v) is 12.0. The molecule has 1 aromatic heterocycles. The molecule has 1 aliphatic heterocycles. The molecule has 0 bridgehead atoms. The highest BCUT2D eigenvalue weighted by atomic mass is 35.5. The van der Waals surface area contributed by atoms with Gasteiger partial charge in [0.1, 0.15) is 0 Å². The molecule has 1 amide bonds. The Hall–Kier alpha value is -2.76. The third kappa shape index (κ3) is 7.12. The molecule has 1 saturated heterocycles. The zero-order valence-corrected chi connectivity index (χ0v) is 19.7. The number of alkyl halides is 3. The van der Waals surface area contributed by atoms with Crippen molar-refractivity contribution < 1.29 is 26.6 Å². The molecule has 34 heavy (non-hydrogen) atoms. The highest BCUT2D eigenvalue weighted by Crippen LogP contribution is 2.32. The Balaban J connectivity index is 0.000000343. The van der Waals surface area contributed by atoms with E-state index < -0.39 is 22.9 Å². The van der Waals surface area contributed by atoms with E-state index in [1.807, 2.05) is 6.07 Å². The predicted octanol–water partition coefficient (Wildman–Crippen LogP) is 4.25. The van der Waals surface area contributed by atoms with Crippen LogP contribution in [0.2, 0.25) is 5.02 Å². The molecule has 2 aromatic carbocycles. The molecule has 0 atom stereocenters. The van der Waals surface area contributed by atoms with E-state index >= 15 is 0 Å². The third-order valence-electron chi connectivity index (χ3n) is 4.92. The number of carbonyl (C=O) groups is 1. The maximum absolute atomic E-state index is 12.5. The Morgan fingerprint density at radius 2 is 1.82 bits per heavy atom. The maximum atomic E-state index is 12.5. The molecule has 0 aliphatic carbocycles. The fourth-order valence-electron chi connectivity index (χ4n) is 2.98. The van der Waals surface area contributed by atoms with Gasteiger partial charge in [0.05, 0.1) is 6.54 Å². The average molecular weight is 515 g/mol. The highest BCUT2D eigenvalue weighted by molar-refractivity contribution is 7.85. The Kier molecular flexibility index (Phi) is 8.81. The number of hydrogen-bond acceptors (Lipinski definition) is 6. The maximum Gasteiger partial charge on any atom is 0.470 e. The summed E-state index contributed by atoms with van der Waals surface area (Å²) in [4.78, 5) is 15.0. The summed E-state index contributed by atoms with van der Waals surface area (Å²) in [6, 6.07) is 13.5. The molecule has 1 aliphatic rings. The number of benzene rings is 2. The first kappa shape index (κ1) is 25.9. The largest absolute Gasteiger partial charge is 0.470 e. The van der Waals surface area contributed by atoms with Crippen LogP contribution >= 0.6 is 11.6 Å². The molecular weight excluding hydrogens is 493 g/mol. The number of aromatic nitrogens is 2. The summed E-state index contributed by atoms with van der Waals surface area (Å²) in [6.45, 7) is 2.21. The molecule has 182 valence electrons. The van der Waals surface area contributed by atoms with E-state index in [-0.39, 0.29) is 23.0 Å². The van der Waals surface area contributed by atoms with Crippen molar-refractivity contribution in [1.29, 1.82) is 0 Å². The highest BCUT2D eigenvalue weighted by Gasteiger charge is 2.38. The van der Waals surface area contributed by atoms with Gasteiger partial charge in [-0.3, -0.25) is 9.00 Å². The molecule has 4 rings (SSSR count). The van der Waals surface area contributed by atoms with Crippen LogP contribution in [0.25, 0.3) is 11.5 Å². The number of carbonyl (C=O) groups excluding carboxylic acids is 1. The fourth-order valence-corrected chi connectivity index (χ4v) is 4.46. The summed E-state index contributed by atoms with van der Waals surface area (Å²) in [6.07, 6.45) is -4.04. The van der Waals surface area contributed by atoms with E-state index in [0.717, 1.165) is 24.6 Å². The molecule has 7 nitrogen and oxygen atoms in total. The van der Waals surface area contributed by atoms with Crippen molar-refractivity contribution in [2.75, 3.05) is 36.5 Å². The minimum Gasteiger partial charge on any atom is -0.413 e. The van der Waals surface area contributed by atoms with Gasteiger partial charge in [0.25, 0.3) is 0 Å². The van der Waals surface area contributed by atoms with Crippen molar-refractivity contribution in [3.05, 3.63) is 65.0 Å². The summed E-state index contributed by atoms with van der Waals surface area (Å²) < 4.78 is 53.0. The Labute approximate surface area is 202 Å². The quantitative estimate of drug-likeness (QED) is 0.474. The van der Waals surface area contributed by atoms with Crippen molar-refractivity contribution in [2.24, 2.45) is 0 Å². The van der Waals surface area contributed by atoms with Crippen molar-refractivity contribution in [1.82, 2.24) is 15.1 Å². The van der Waals surface area contributed by atoms with Crippen LogP contribution in [0.4, 0.5) is 18.9 Å². The topological polar surface area (TPSA) is 79.5 Å². The van der Waals surface area contributed by atoms with Crippen LogP contribution in [0, 0.1) is 0 Å². The minimum atomic E-state index is -4.71. The van der Waals surface area contributed by atoms with Crippen molar-refractivity contribution >= 4 is 34.5 Å². The SMILES string of the molecule is CN1CCS(=O)CC1.O=CN(Cc1ccc(-c2nnc(C(F)(F)F)o2)cc1Cl)c1ccccc1. The van der Waals surface area contributed by atoms with Gasteiger partial charge in [0.2, 0.25) is 12.3 Å². The number of rotatable bonds is 5. The van der Waals surface area contributed by atoms with E-state index in [1.54, 1.807) is 30.3 Å². The molecule has 12 heteroatoms. The Morgan fingerprint density at radius 3 is 2.35 bits per heavy atom. The second-order valence-electron chi connectivity index (χ2n) is 7.44. The molecule has 3 aromatic rings. The predicted molar refractivity (Wildman–Crippen MR) is 124 cm³/mol. The fraction of sp³-hybridized carbons (Fsp3) is 0.318. The number of halogens is 4. The van der Waals surface area contributed by atoms with Crippen molar-refractivity contribution in [2.45, 2.75) is 12.7 Å². The molecule has 0 N–H and O–H groups in total. The first-order valence-electron chi connectivity index (χ1n) is 10.2. The zero-order valence-electron chi connectivity index (χ0n) is 18.2. The number of anilines is 1. The van der Waals surface area contributed by atoms with E-state index in [1.165, 1.54) is 17.0 Å². The molecule has 0 unspecified atom stereocenters. The van der Waals surface area contributed by atoms with Crippen LogP contribution < -0.4 is 4.90 Å².